The first-order valence-electron chi connectivity index (χ1n) is 21.2. The summed E-state index contributed by atoms with van der Waals surface area (Å²) in [7, 11) is 0. The molecule has 0 saturated heterocycles. The van der Waals surface area contributed by atoms with E-state index in [-0.39, 0.29) is 42.3 Å². The molecule has 1 unspecified atom stereocenters. The molecule has 2 heterocycles. The number of rotatable bonds is 23. The van der Waals surface area contributed by atoms with E-state index in [1.807, 2.05) is 18.2 Å². The third kappa shape index (κ3) is 9.70. The number of nitrogens with two attached hydrogens (primary N) is 1. The minimum Gasteiger partial charge on any atom is -0.592 e. The number of nitrogens with zero attached hydrogens (tertiary/aromatic N) is 1. The van der Waals surface area contributed by atoms with Crippen molar-refractivity contribution < 1.29 is 29.9 Å². The van der Waals surface area contributed by atoms with Crippen molar-refractivity contribution in [2.24, 2.45) is 39.8 Å². The summed E-state index contributed by atoms with van der Waals surface area (Å²) in [6.07, 6.45) is 24.1. The summed E-state index contributed by atoms with van der Waals surface area (Å²) in [4.78, 5) is 5.04. The molecule has 7 rings (SSSR count). The number of unbranched alkanes of at least 4 members (excludes halogenated alkanes) is 3. The fourth-order valence-corrected chi connectivity index (χ4v) is 9.97. The van der Waals surface area contributed by atoms with E-state index >= 15 is 0 Å². The van der Waals surface area contributed by atoms with Crippen LogP contribution in [0, 0.1) is 41.0 Å². The Bertz CT molecular complexity index is 1490. The van der Waals surface area contributed by atoms with Gasteiger partial charge in [0.15, 0.2) is 29.4 Å². The smallest absolute Gasteiger partial charge is 0.196 e. The topological polar surface area (TPSA) is 150 Å². The van der Waals surface area contributed by atoms with E-state index in [9.17, 15) is 20.4 Å². The van der Waals surface area contributed by atoms with Crippen molar-refractivity contribution in [2.45, 2.75) is 128 Å². The molecule has 2 fully saturated rings. The molecule has 2 bridgehead atoms. The van der Waals surface area contributed by atoms with Crippen LogP contribution >= 0.6 is 0 Å². The lowest BCUT2D eigenvalue weighted by Crippen LogP contribution is -2.41. The number of phenols is 1. The molecule has 1 aromatic carbocycles. The fourth-order valence-electron chi connectivity index (χ4n) is 9.97. The first-order valence-corrected chi connectivity index (χ1v) is 21.2. The lowest BCUT2D eigenvalue weighted by Gasteiger charge is -2.39. The maximum Gasteiger partial charge on any atom is 0.196 e. The van der Waals surface area contributed by atoms with Crippen LogP contribution in [0.3, 0.4) is 0 Å². The van der Waals surface area contributed by atoms with Gasteiger partial charge in [-0.3, -0.25) is 0 Å². The number of aliphatic hydroxyl groups excluding tert-OH is 3. The highest BCUT2D eigenvalue weighted by molar-refractivity contribution is 6.07. The zero-order valence-electron chi connectivity index (χ0n) is 32.9. The van der Waals surface area contributed by atoms with Gasteiger partial charge in [0.25, 0.3) is 0 Å². The van der Waals surface area contributed by atoms with Crippen LogP contribution < -0.4 is 15.8 Å². The van der Waals surface area contributed by atoms with Gasteiger partial charge in [0.2, 0.25) is 0 Å². The van der Waals surface area contributed by atoms with E-state index in [4.69, 9.17) is 20.2 Å². The molecule has 2 aliphatic heterocycles. The fraction of sp³-hybridized carbons (Fsp3) is 0.667. The number of aromatic hydroxyl groups is 1. The largest absolute Gasteiger partial charge is 0.592 e. The Labute approximate surface area is 324 Å². The first kappa shape index (κ1) is 40.7. The molecule has 0 aromatic heterocycles. The van der Waals surface area contributed by atoms with Gasteiger partial charge < -0.3 is 41.0 Å². The second-order valence-corrected chi connectivity index (χ2v) is 16.8. The van der Waals surface area contributed by atoms with Crippen LogP contribution in [0.25, 0.3) is 0 Å². The summed E-state index contributed by atoms with van der Waals surface area (Å²) < 4.78 is 12.4. The van der Waals surface area contributed by atoms with Crippen molar-refractivity contribution in [3.05, 3.63) is 71.4 Å². The Morgan fingerprint density at radius 1 is 1.15 bits per heavy atom. The van der Waals surface area contributed by atoms with Crippen LogP contribution in [0.4, 0.5) is 0 Å². The Balaban J connectivity index is 1.000. The number of allylic oxidation sites excluding steroid dienone is 3. The number of phenolic OH excluding ortho intramolecular Hbond substituents is 1. The highest BCUT2D eigenvalue weighted by Crippen LogP contribution is 2.60. The normalized spacial score (nSPS) is 27.2. The standard InChI is InChI=1S/C45H67N3O6/c1-3-4-5-9-31(18-21-46)10-6-7-12-42-34(28-49)24-36(54-42)15-13-32-14-16-40(51)43(22-32)53-29-41(52)39-25-37-38(27-47-26-30(2)50)45-19-8-11-35(45)23-33(17-20-45)44(37)48-39/h14,16-17,20,22,24-25,30-31,33,35,38,41-42,47,49-52H,3-13,15,18-19,21,23,26-29,46H2,1-2H3/t30-,31-,33-,35-,38-,41-,42?,45+/m0/s1. The molecule has 9 nitrogen and oxygen atoms in total. The average molecular weight is 746 g/mol. The van der Waals surface area contributed by atoms with Gasteiger partial charge in [-0.2, -0.15) is 12.0 Å². The lowest BCUT2D eigenvalue weighted by molar-refractivity contribution is 0.119. The van der Waals surface area contributed by atoms with Crippen molar-refractivity contribution in [1.29, 1.82) is 0 Å². The zero-order chi connectivity index (χ0) is 38.1. The van der Waals surface area contributed by atoms with Gasteiger partial charge in [-0.25, -0.2) is 0 Å². The maximum atomic E-state index is 11.4. The predicted molar refractivity (Wildman–Crippen MR) is 215 cm³/mol. The average Bonchev–Trinajstić information content (AvgIpc) is 3.88. The van der Waals surface area contributed by atoms with Gasteiger partial charge >= 0.3 is 0 Å². The summed E-state index contributed by atoms with van der Waals surface area (Å²) in [5.74, 6) is 4.01. The second-order valence-electron chi connectivity index (χ2n) is 16.8. The summed E-state index contributed by atoms with van der Waals surface area (Å²) >= 11 is 0. The molecule has 298 valence electrons. The van der Waals surface area contributed by atoms with Gasteiger partial charge in [0.1, 0.15) is 12.2 Å². The zero-order valence-corrected chi connectivity index (χ0v) is 32.9. The number of hydrogen-bond acceptors (Lipinski definition) is 9. The summed E-state index contributed by atoms with van der Waals surface area (Å²) in [5.41, 5.74) is 9.25. The van der Waals surface area contributed by atoms with Crippen LogP contribution in [0.2, 0.25) is 0 Å². The quantitative estimate of drug-likeness (QED) is 0.0403. The molecule has 4 aliphatic carbocycles. The van der Waals surface area contributed by atoms with E-state index in [0.717, 1.165) is 74.6 Å². The van der Waals surface area contributed by atoms with Crippen LogP contribution in [0.1, 0.15) is 109 Å². The Morgan fingerprint density at radius 3 is 2.76 bits per heavy atom. The number of ether oxygens (including phenoxy) is 2. The molecule has 1 aromatic rings. The SMILES string of the molecule is CCCCC[C@H](CCN)CCCCC1OC(CCc2ccc(O)c(OC[C@H](O)[C+]3C=C4C(=N3)[C@H]3C=C[C@@]5(CCC[C@H]5C3)[C@H]4CNC[C@H](C)O)c2)=C[C-]1CO. The summed E-state index contributed by atoms with van der Waals surface area (Å²) in [5, 5.41) is 45.5. The number of benzene rings is 1. The number of aliphatic imine (C=N–C) groups is 1. The van der Waals surface area contributed by atoms with Crippen molar-refractivity contribution >= 4 is 5.71 Å². The molecule has 0 amide bonds. The molecular weight excluding hydrogens is 679 g/mol. The van der Waals surface area contributed by atoms with Gasteiger partial charge in [0, 0.05) is 31.2 Å². The molecule has 2 saturated carbocycles. The monoisotopic (exact) mass is 746 g/mol. The van der Waals surface area contributed by atoms with Crippen LogP contribution in [0.15, 0.2) is 58.8 Å². The summed E-state index contributed by atoms with van der Waals surface area (Å²) in [6, 6.07) is 5.98. The molecule has 7 N–H and O–H groups in total. The number of aliphatic hydroxyl groups is 3. The number of hydrogen-bond donors (Lipinski definition) is 6. The van der Waals surface area contributed by atoms with E-state index in [1.165, 1.54) is 50.5 Å². The van der Waals surface area contributed by atoms with Crippen molar-refractivity contribution in [1.82, 2.24) is 5.32 Å². The molecule has 8 atom stereocenters. The van der Waals surface area contributed by atoms with Crippen molar-refractivity contribution in [2.75, 3.05) is 32.8 Å². The molecule has 6 aliphatic rings. The molecule has 1 spiro atoms. The Morgan fingerprint density at radius 2 is 1.98 bits per heavy atom. The van der Waals surface area contributed by atoms with E-state index in [0.29, 0.717) is 43.0 Å². The maximum absolute atomic E-state index is 11.4. The van der Waals surface area contributed by atoms with Gasteiger partial charge in [-0.05, 0) is 81.5 Å². The number of nitrogens with one attached hydrogen (secondary N) is 1. The Kier molecular flexibility index (Phi) is 14.5. The molecule has 0 radical (unpaired) electrons. The van der Waals surface area contributed by atoms with E-state index in [2.05, 4.69) is 30.5 Å². The van der Waals surface area contributed by atoms with E-state index in [1.54, 1.807) is 13.0 Å². The molecular formula is C45H67N3O6. The highest BCUT2D eigenvalue weighted by Gasteiger charge is 2.59. The van der Waals surface area contributed by atoms with Gasteiger partial charge in [-0.15, -0.1) is 4.99 Å². The Hall–Kier alpha value is -2.95. The second kappa shape index (κ2) is 19.3. The van der Waals surface area contributed by atoms with Crippen LogP contribution in [-0.2, 0) is 11.2 Å². The van der Waals surface area contributed by atoms with Crippen LogP contribution in [0.5, 0.6) is 11.5 Å². The third-order valence-corrected chi connectivity index (χ3v) is 12.9. The van der Waals surface area contributed by atoms with E-state index < -0.39 is 12.2 Å². The third-order valence-electron chi connectivity index (χ3n) is 12.9. The predicted octanol–water partition coefficient (Wildman–Crippen LogP) is 6.90. The van der Waals surface area contributed by atoms with Gasteiger partial charge in [0.05, 0.1) is 24.0 Å². The molecule has 54 heavy (non-hydrogen) atoms. The first-order chi connectivity index (χ1) is 26.2. The number of aryl methyl sites for hydroxylation is 1. The molecule has 9 heteroatoms. The lowest BCUT2D eigenvalue weighted by atomic mass is 9.64. The highest BCUT2D eigenvalue weighted by atomic mass is 16.5. The summed E-state index contributed by atoms with van der Waals surface area (Å²) in [6.45, 7) is 6.10. The van der Waals surface area contributed by atoms with Gasteiger partial charge in [-0.1, -0.05) is 88.7 Å². The minimum atomic E-state index is -0.945. The van der Waals surface area contributed by atoms with Crippen molar-refractivity contribution in [3.63, 3.8) is 0 Å². The van der Waals surface area contributed by atoms with Crippen molar-refractivity contribution in [3.8, 4) is 11.5 Å². The van der Waals surface area contributed by atoms with Crippen LogP contribution in [-0.4, -0.2) is 77.3 Å². The minimum absolute atomic E-state index is 0.00101.